The van der Waals surface area contributed by atoms with Crippen molar-refractivity contribution in [2.45, 2.75) is 53.0 Å². The minimum atomic E-state index is -0.796. The van der Waals surface area contributed by atoms with Crippen LogP contribution in [0.4, 0.5) is 5.13 Å². The molecule has 1 fully saturated rings. The smallest absolute Gasteiger partial charge is 0.301 e. The molecule has 1 atom stereocenters. The lowest BCUT2D eigenvalue weighted by molar-refractivity contribution is -0.132. The first-order valence-electron chi connectivity index (χ1n) is 12.3. The summed E-state index contributed by atoms with van der Waals surface area (Å²) in [7, 11) is 0. The number of fused-ring (bicyclic) bond motifs is 1. The average molecular weight is 511 g/mol. The number of thiazole rings is 1. The van der Waals surface area contributed by atoms with E-state index in [4.69, 9.17) is 4.98 Å². The molecule has 6 heteroatoms. The molecule has 1 saturated heterocycles. The number of carbonyl (C=O) groups is 2. The van der Waals surface area contributed by atoms with Gasteiger partial charge >= 0.3 is 5.91 Å². The van der Waals surface area contributed by atoms with Gasteiger partial charge in [-0.15, -0.1) is 0 Å². The SMILES string of the molecule is Cc1ccc(C)c(/C(O)=C2\C(=O)C(=O)N(c3nc4ccc(C)cc4s3)C2c2ccc(C(C)(C)C)cc2)c1. The molecule has 0 radical (unpaired) electrons. The summed E-state index contributed by atoms with van der Waals surface area (Å²) in [5.74, 6) is -1.56. The van der Waals surface area contributed by atoms with Gasteiger partial charge in [-0.1, -0.05) is 80.1 Å². The van der Waals surface area contributed by atoms with E-state index in [2.05, 4.69) is 20.8 Å². The van der Waals surface area contributed by atoms with Gasteiger partial charge in [0.1, 0.15) is 5.76 Å². The molecule has 4 aromatic rings. The number of nitrogens with zero attached hydrogens (tertiary/aromatic N) is 2. The third-order valence-electron chi connectivity index (χ3n) is 6.92. The van der Waals surface area contributed by atoms with Crippen LogP contribution < -0.4 is 4.90 Å². The monoisotopic (exact) mass is 510 g/mol. The Morgan fingerprint density at radius 2 is 1.57 bits per heavy atom. The maximum Gasteiger partial charge on any atom is 0.301 e. The predicted octanol–water partition coefficient (Wildman–Crippen LogP) is 7.15. The summed E-state index contributed by atoms with van der Waals surface area (Å²) in [6, 6.07) is 18.8. The zero-order valence-corrected chi connectivity index (χ0v) is 22.7. The Balaban J connectivity index is 1.74. The predicted molar refractivity (Wildman–Crippen MR) is 150 cm³/mol. The van der Waals surface area contributed by atoms with Gasteiger partial charge in [-0.25, -0.2) is 4.98 Å². The highest BCUT2D eigenvalue weighted by molar-refractivity contribution is 7.22. The van der Waals surface area contributed by atoms with Gasteiger partial charge in [0.25, 0.3) is 5.78 Å². The molecule has 188 valence electrons. The van der Waals surface area contributed by atoms with Crippen molar-refractivity contribution in [2.24, 2.45) is 0 Å². The highest BCUT2D eigenvalue weighted by Gasteiger charge is 2.48. The highest BCUT2D eigenvalue weighted by atomic mass is 32.1. The third kappa shape index (κ3) is 4.36. The summed E-state index contributed by atoms with van der Waals surface area (Å²) in [5, 5.41) is 12.0. The molecular formula is C31H30N2O3S. The van der Waals surface area contributed by atoms with Gasteiger partial charge in [0.15, 0.2) is 5.13 Å². The standard InChI is InChI=1S/C31H30N2O3S/c1-17-7-9-19(3)22(15-17)27(34)25-26(20-10-12-21(13-11-20)31(4,5)6)33(29(36)28(25)35)30-32-23-14-8-18(2)16-24(23)37-30/h7-16,26,34H,1-6H3/b27-25+. The molecule has 1 N–H and O–H groups in total. The first kappa shape index (κ1) is 24.9. The van der Waals surface area contributed by atoms with Crippen LogP contribution in [-0.4, -0.2) is 21.8 Å². The number of anilines is 1. The first-order valence-corrected chi connectivity index (χ1v) is 13.1. The summed E-state index contributed by atoms with van der Waals surface area (Å²) < 4.78 is 0.938. The topological polar surface area (TPSA) is 70.5 Å². The fraction of sp³-hybridized carbons (Fsp3) is 0.258. The summed E-state index contributed by atoms with van der Waals surface area (Å²) in [5.41, 5.74) is 6.10. The molecule has 0 saturated carbocycles. The lowest BCUT2D eigenvalue weighted by atomic mass is 9.85. The number of ketones is 1. The Bertz CT molecular complexity index is 1590. The largest absolute Gasteiger partial charge is 0.507 e. The van der Waals surface area contributed by atoms with E-state index in [1.807, 2.05) is 81.4 Å². The van der Waals surface area contributed by atoms with Gasteiger partial charge in [-0.3, -0.25) is 14.5 Å². The highest BCUT2D eigenvalue weighted by Crippen LogP contribution is 2.45. The van der Waals surface area contributed by atoms with Crippen molar-refractivity contribution in [3.05, 3.63) is 99.6 Å². The second kappa shape index (κ2) is 8.96. The van der Waals surface area contributed by atoms with Gasteiger partial charge in [-0.2, -0.15) is 0 Å². The zero-order chi connectivity index (χ0) is 26.6. The van der Waals surface area contributed by atoms with Gasteiger partial charge in [0.2, 0.25) is 0 Å². The first-order chi connectivity index (χ1) is 17.5. The van der Waals surface area contributed by atoms with Crippen LogP contribution >= 0.6 is 11.3 Å². The number of aliphatic hydroxyl groups is 1. The fourth-order valence-electron chi connectivity index (χ4n) is 4.77. The number of amides is 1. The van der Waals surface area contributed by atoms with Gasteiger partial charge in [-0.05, 0) is 66.6 Å². The molecule has 0 bridgehead atoms. The molecular weight excluding hydrogens is 480 g/mol. The molecule has 37 heavy (non-hydrogen) atoms. The number of aryl methyl sites for hydroxylation is 3. The molecule has 1 amide bonds. The maximum atomic E-state index is 13.6. The Labute approximate surface area is 221 Å². The maximum absolute atomic E-state index is 13.6. The van der Waals surface area contributed by atoms with Crippen molar-refractivity contribution in [1.82, 2.24) is 4.98 Å². The number of benzene rings is 3. The van der Waals surface area contributed by atoms with E-state index in [1.165, 1.54) is 16.2 Å². The zero-order valence-electron chi connectivity index (χ0n) is 21.9. The molecule has 3 aromatic carbocycles. The quantitative estimate of drug-likeness (QED) is 0.181. The van der Waals surface area contributed by atoms with E-state index in [0.29, 0.717) is 10.7 Å². The molecule has 5 rings (SSSR count). The van der Waals surface area contributed by atoms with Crippen LogP contribution in [0.15, 0.2) is 66.2 Å². The van der Waals surface area contributed by atoms with Crippen molar-refractivity contribution in [2.75, 3.05) is 4.90 Å². The summed E-state index contributed by atoms with van der Waals surface area (Å²) in [4.78, 5) is 33.3. The van der Waals surface area contributed by atoms with Crippen LogP contribution in [-0.2, 0) is 15.0 Å². The number of Topliss-reactive ketones (excluding diaryl/α,β-unsaturated/α-hetero) is 1. The van der Waals surface area contributed by atoms with E-state index < -0.39 is 17.7 Å². The molecule has 1 aliphatic heterocycles. The Kier molecular flexibility index (Phi) is 6.03. The summed E-state index contributed by atoms with van der Waals surface area (Å²) >= 11 is 1.37. The van der Waals surface area contributed by atoms with E-state index in [-0.39, 0.29) is 16.7 Å². The second-order valence-corrected chi connectivity index (χ2v) is 11.8. The molecule has 1 aromatic heterocycles. The van der Waals surface area contributed by atoms with Gasteiger partial charge in [0.05, 0.1) is 21.8 Å². The Hall–Kier alpha value is -3.77. The average Bonchev–Trinajstić information content (AvgIpc) is 3.37. The van der Waals surface area contributed by atoms with E-state index in [0.717, 1.165) is 38.0 Å². The number of hydrogen-bond acceptors (Lipinski definition) is 5. The van der Waals surface area contributed by atoms with Gasteiger partial charge < -0.3 is 5.11 Å². The van der Waals surface area contributed by atoms with Crippen LogP contribution in [0.1, 0.15) is 60.2 Å². The van der Waals surface area contributed by atoms with Crippen molar-refractivity contribution in [3.63, 3.8) is 0 Å². The van der Waals surface area contributed by atoms with Gasteiger partial charge in [0, 0.05) is 5.56 Å². The number of carbonyl (C=O) groups excluding carboxylic acids is 2. The summed E-state index contributed by atoms with van der Waals surface area (Å²) in [6.07, 6.45) is 0. The van der Waals surface area contributed by atoms with Crippen LogP contribution in [0, 0.1) is 20.8 Å². The van der Waals surface area contributed by atoms with Crippen LogP contribution in [0.3, 0.4) is 0 Å². The molecule has 0 spiro atoms. The number of hydrogen-bond donors (Lipinski definition) is 1. The van der Waals surface area contributed by atoms with E-state index in [1.54, 1.807) is 0 Å². The van der Waals surface area contributed by atoms with Crippen molar-refractivity contribution in [1.29, 1.82) is 0 Å². The normalized spacial score (nSPS) is 17.7. The number of aromatic nitrogens is 1. The second-order valence-electron chi connectivity index (χ2n) is 10.8. The van der Waals surface area contributed by atoms with E-state index in [9.17, 15) is 14.7 Å². The van der Waals surface area contributed by atoms with Crippen LogP contribution in [0.25, 0.3) is 16.0 Å². The third-order valence-corrected chi connectivity index (χ3v) is 7.94. The fourth-order valence-corrected chi connectivity index (χ4v) is 5.86. The molecule has 1 unspecified atom stereocenters. The van der Waals surface area contributed by atoms with Crippen molar-refractivity contribution < 1.29 is 14.7 Å². The van der Waals surface area contributed by atoms with Crippen LogP contribution in [0.5, 0.6) is 0 Å². The summed E-state index contributed by atoms with van der Waals surface area (Å²) in [6.45, 7) is 12.2. The lowest BCUT2D eigenvalue weighted by Crippen LogP contribution is -2.29. The van der Waals surface area contributed by atoms with Crippen LogP contribution in [0.2, 0.25) is 0 Å². The molecule has 5 nitrogen and oxygen atoms in total. The van der Waals surface area contributed by atoms with Crippen molar-refractivity contribution >= 4 is 44.1 Å². The minimum Gasteiger partial charge on any atom is -0.507 e. The van der Waals surface area contributed by atoms with E-state index >= 15 is 0 Å². The number of aliphatic hydroxyl groups excluding tert-OH is 1. The Morgan fingerprint density at radius 1 is 0.919 bits per heavy atom. The molecule has 0 aliphatic carbocycles. The molecule has 2 heterocycles. The molecule has 1 aliphatic rings. The minimum absolute atomic E-state index is 0.0517. The Morgan fingerprint density at radius 3 is 2.24 bits per heavy atom. The lowest BCUT2D eigenvalue weighted by Gasteiger charge is -2.25. The number of rotatable bonds is 3. The van der Waals surface area contributed by atoms with Crippen molar-refractivity contribution in [3.8, 4) is 0 Å².